The first-order valence-electron chi connectivity index (χ1n) is 15.0. The molecule has 1 aliphatic heterocycles. The third kappa shape index (κ3) is 4.61. The minimum atomic E-state index is -0.549. The van der Waals surface area contributed by atoms with Crippen molar-refractivity contribution < 1.29 is 9.18 Å². The van der Waals surface area contributed by atoms with Crippen LogP contribution < -0.4 is 10.6 Å². The van der Waals surface area contributed by atoms with Gasteiger partial charge in [0.15, 0.2) is 5.65 Å². The molecule has 11 heteroatoms. The predicted molar refractivity (Wildman–Crippen MR) is 163 cm³/mol. The highest BCUT2D eigenvalue weighted by atomic mass is 19.1. The van der Waals surface area contributed by atoms with E-state index in [1.165, 1.54) is 16.7 Å². The summed E-state index contributed by atoms with van der Waals surface area (Å²) >= 11 is 0. The zero-order valence-corrected chi connectivity index (χ0v) is 24.6. The first-order chi connectivity index (χ1) is 21.3. The summed E-state index contributed by atoms with van der Waals surface area (Å²) in [5.74, 6) is 0.0847. The molecule has 3 fully saturated rings. The normalized spacial score (nSPS) is 20.0. The maximum Gasteiger partial charge on any atom is 0.355 e. The highest BCUT2D eigenvalue weighted by Crippen LogP contribution is 2.47. The molecular weight excluding hydrogens is 559 g/mol. The van der Waals surface area contributed by atoms with Crippen LogP contribution in [0.1, 0.15) is 68.3 Å². The van der Waals surface area contributed by atoms with Crippen molar-refractivity contribution in [2.24, 2.45) is 0 Å². The summed E-state index contributed by atoms with van der Waals surface area (Å²) in [5.41, 5.74) is 2.36. The van der Waals surface area contributed by atoms with Crippen LogP contribution in [0.25, 0.3) is 28.0 Å². The minimum absolute atomic E-state index is 0.142. The number of nitriles is 1. The molecule has 1 aromatic carbocycles. The Balaban J connectivity index is 1.53. The molecule has 44 heavy (non-hydrogen) atoms. The maximum atomic E-state index is 15.2. The van der Waals surface area contributed by atoms with Gasteiger partial charge in [0.2, 0.25) is 5.91 Å². The molecule has 3 aliphatic rings. The van der Waals surface area contributed by atoms with Gasteiger partial charge in [-0.05, 0) is 63.8 Å². The van der Waals surface area contributed by atoms with Gasteiger partial charge in [0.1, 0.15) is 24.0 Å². The zero-order chi connectivity index (χ0) is 30.7. The van der Waals surface area contributed by atoms with Crippen LogP contribution in [0.5, 0.6) is 0 Å². The molecule has 7 rings (SSSR count). The van der Waals surface area contributed by atoms with Crippen molar-refractivity contribution in [1.29, 1.82) is 5.26 Å². The van der Waals surface area contributed by atoms with Crippen molar-refractivity contribution in [3.05, 3.63) is 82.6 Å². The van der Waals surface area contributed by atoms with E-state index in [0.717, 1.165) is 37.1 Å². The maximum absolute atomic E-state index is 15.2. The van der Waals surface area contributed by atoms with Crippen LogP contribution in [-0.2, 0) is 4.79 Å². The topological polar surface area (TPSA) is 121 Å². The van der Waals surface area contributed by atoms with Crippen molar-refractivity contribution in [2.75, 3.05) is 18.0 Å². The Kier molecular flexibility index (Phi) is 6.72. The number of fused-ring (bicyclic) bond motifs is 1. The number of pyridine rings is 1. The summed E-state index contributed by atoms with van der Waals surface area (Å²) in [5, 5.41) is 10.7. The number of carbonyl (C=O) groups excluding carboxylic acids is 1. The lowest BCUT2D eigenvalue weighted by atomic mass is 10.0. The van der Waals surface area contributed by atoms with E-state index in [1.807, 2.05) is 18.7 Å². The van der Waals surface area contributed by atoms with Gasteiger partial charge in [0.25, 0.3) is 0 Å². The molecule has 0 unspecified atom stereocenters. The van der Waals surface area contributed by atoms with E-state index in [1.54, 1.807) is 35.5 Å². The summed E-state index contributed by atoms with van der Waals surface area (Å²) in [6, 6.07) is 9.58. The lowest BCUT2D eigenvalue weighted by molar-refractivity contribution is -0.127. The molecular formula is C33H31FN8O2. The second-order valence-corrected chi connectivity index (χ2v) is 12.0. The van der Waals surface area contributed by atoms with E-state index < -0.39 is 11.5 Å². The number of halogens is 1. The Morgan fingerprint density at radius 2 is 1.68 bits per heavy atom. The molecule has 1 amide bonds. The minimum Gasteiger partial charge on any atom is -0.347 e. The average molecular weight is 591 g/mol. The zero-order valence-electron chi connectivity index (χ0n) is 24.6. The molecule has 2 atom stereocenters. The number of aromatic nitrogens is 5. The van der Waals surface area contributed by atoms with Crippen molar-refractivity contribution in [1.82, 2.24) is 29.4 Å². The van der Waals surface area contributed by atoms with Crippen molar-refractivity contribution in [3.63, 3.8) is 0 Å². The number of hydrogen-bond donors (Lipinski definition) is 0. The largest absolute Gasteiger partial charge is 0.355 e. The molecule has 0 bridgehead atoms. The highest BCUT2D eigenvalue weighted by molar-refractivity contribution is 5.93. The van der Waals surface area contributed by atoms with Crippen LogP contribution in [0.15, 0.2) is 54.1 Å². The van der Waals surface area contributed by atoms with Crippen LogP contribution in [0.4, 0.5) is 10.2 Å². The Bertz CT molecular complexity index is 1900. The van der Waals surface area contributed by atoms with Crippen LogP contribution in [-0.4, -0.2) is 60.5 Å². The molecule has 0 radical (unpaired) electrons. The molecule has 2 saturated carbocycles. The monoisotopic (exact) mass is 590 g/mol. The highest BCUT2D eigenvalue weighted by Gasteiger charge is 2.38. The SMILES string of the molecule is C=CC(=O)N1C[C@@H](C)N(c2nc(=O)n(-c3c(C4CC4)ncnc3C3CC3)c3nc(-c4ccccc4F)c(C#N)cc23)[C@@H](C)C1. The Morgan fingerprint density at radius 1 is 1.05 bits per heavy atom. The van der Waals surface area contributed by atoms with Crippen LogP contribution in [0.2, 0.25) is 0 Å². The quantitative estimate of drug-likeness (QED) is 0.299. The molecule has 2 aliphatic carbocycles. The number of hydrogen-bond acceptors (Lipinski definition) is 8. The number of anilines is 1. The second-order valence-electron chi connectivity index (χ2n) is 12.0. The third-order valence-corrected chi connectivity index (χ3v) is 8.78. The fourth-order valence-electron chi connectivity index (χ4n) is 6.47. The summed E-state index contributed by atoms with van der Waals surface area (Å²) < 4.78 is 16.6. The number of nitrogens with zero attached hydrogens (tertiary/aromatic N) is 8. The second kappa shape index (κ2) is 10.6. The van der Waals surface area contributed by atoms with Gasteiger partial charge < -0.3 is 9.80 Å². The summed E-state index contributed by atoms with van der Waals surface area (Å²) in [6.45, 7) is 8.35. The average Bonchev–Trinajstić information content (AvgIpc) is 3.94. The number of carbonyl (C=O) groups is 1. The van der Waals surface area contributed by atoms with Gasteiger partial charge >= 0.3 is 5.69 Å². The van der Waals surface area contributed by atoms with Gasteiger partial charge in [-0.15, -0.1) is 0 Å². The van der Waals surface area contributed by atoms with E-state index in [-0.39, 0.29) is 52.3 Å². The van der Waals surface area contributed by atoms with Crippen molar-refractivity contribution in [2.45, 2.75) is 63.5 Å². The van der Waals surface area contributed by atoms with E-state index >= 15 is 4.39 Å². The molecule has 0 spiro atoms. The van der Waals surface area contributed by atoms with Gasteiger partial charge in [-0.25, -0.2) is 28.7 Å². The molecule has 3 aromatic heterocycles. The molecule has 4 heterocycles. The molecule has 0 N–H and O–H groups in total. The lowest BCUT2D eigenvalue weighted by Gasteiger charge is -2.45. The van der Waals surface area contributed by atoms with E-state index in [9.17, 15) is 14.9 Å². The van der Waals surface area contributed by atoms with Gasteiger partial charge in [-0.1, -0.05) is 18.7 Å². The fraction of sp³-hybridized carbons (Fsp3) is 0.364. The van der Waals surface area contributed by atoms with Crippen molar-refractivity contribution >= 4 is 22.8 Å². The van der Waals surface area contributed by atoms with E-state index in [2.05, 4.69) is 27.6 Å². The van der Waals surface area contributed by atoms with Crippen LogP contribution >= 0.6 is 0 Å². The Hall–Kier alpha value is -4.98. The van der Waals surface area contributed by atoms with Gasteiger partial charge in [0, 0.05) is 42.6 Å². The third-order valence-electron chi connectivity index (χ3n) is 8.78. The molecule has 1 saturated heterocycles. The summed E-state index contributed by atoms with van der Waals surface area (Å²) in [4.78, 5) is 49.4. The van der Waals surface area contributed by atoms with Crippen LogP contribution in [0, 0.1) is 17.1 Å². The molecule has 222 valence electrons. The molecule has 10 nitrogen and oxygen atoms in total. The van der Waals surface area contributed by atoms with E-state index in [0.29, 0.717) is 30.0 Å². The number of rotatable bonds is 6. The van der Waals surface area contributed by atoms with Gasteiger partial charge in [0.05, 0.1) is 33.7 Å². The van der Waals surface area contributed by atoms with Gasteiger partial charge in [-0.2, -0.15) is 10.2 Å². The Morgan fingerprint density at radius 3 is 2.25 bits per heavy atom. The Labute approximate surface area is 253 Å². The predicted octanol–water partition coefficient (Wildman–Crippen LogP) is 4.61. The first-order valence-corrected chi connectivity index (χ1v) is 15.0. The first kappa shape index (κ1) is 27.8. The number of amides is 1. The van der Waals surface area contributed by atoms with Crippen LogP contribution in [0.3, 0.4) is 0 Å². The molecule has 4 aromatic rings. The smallest absolute Gasteiger partial charge is 0.347 e. The summed E-state index contributed by atoms with van der Waals surface area (Å²) in [6.07, 6.45) is 6.71. The lowest BCUT2D eigenvalue weighted by Crippen LogP contribution is -2.58. The number of piperazine rings is 1. The van der Waals surface area contributed by atoms with Crippen molar-refractivity contribution in [3.8, 4) is 23.0 Å². The fourth-order valence-corrected chi connectivity index (χ4v) is 6.47. The number of benzene rings is 1. The summed E-state index contributed by atoms with van der Waals surface area (Å²) in [7, 11) is 0. The van der Waals surface area contributed by atoms with E-state index in [4.69, 9.17) is 4.98 Å². The standard InChI is InChI=1S/C33H31FN8O2/c1-4-26(43)40-15-18(2)41(19(3)16-40)32-24-13-22(14-35)27(23-7-5-6-8-25(23)34)38-31(24)42(33(44)39-32)30-28(20-9-10-20)36-17-37-29(30)21-11-12-21/h4-8,13,17-21H,1,9-12,15-16H2,2-3H3/t18-,19+. The van der Waals surface area contributed by atoms with Gasteiger partial charge in [-0.3, -0.25) is 4.79 Å².